The van der Waals surface area contributed by atoms with Crippen molar-refractivity contribution in [1.29, 1.82) is 0 Å². The van der Waals surface area contributed by atoms with Crippen molar-refractivity contribution in [3.63, 3.8) is 0 Å². The standard InChI is InChI=1S/C13H15ClFN3O/c1-3-6-16-8(2)13-17-12(18-19-13)9-4-5-11(15)10(14)7-9/h4-5,7-8,16H,3,6H2,1-2H3. The number of benzene rings is 1. The zero-order valence-electron chi connectivity index (χ0n) is 10.8. The monoisotopic (exact) mass is 283 g/mol. The van der Waals surface area contributed by atoms with Crippen LogP contribution >= 0.6 is 11.6 Å². The lowest BCUT2D eigenvalue weighted by Crippen LogP contribution is -2.19. The number of hydrogen-bond acceptors (Lipinski definition) is 4. The van der Waals surface area contributed by atoms with Crippen molar-refractivity contribution in [2.24, 2.45) is 0 Å². The molecule has 0 aliphatic heterocycles. The first kappa shape index (κ1) is 14.0. The second-order valence-corrected chi connectivity index (χ2v) is 4.67. The molecule has 1 atom stereocenters. The van der Waals surface area contributed by atoms with Crippen LogP contribution in [0.2, 0.25) is 5.02 Å². The summed E-state index contributed by atoms with van der Waals surface area (Å²) in [6, 6.07) is 4.32. The van der Waals surface area contributed by atoms with Crippen molar-refractivity contribution in [3.05, 3.63) is 34.9 Å². The van der Waals surface area contributed by atoms with Gasteiger partial charge in [-0.3, -0.25) is 0 Å². The topological polar surface area (TPSA) is 51.0 Å². The van der Waals surface area contributed by atoms with Crippen LogP contribution in [0.4, 0.5) is 4.39 Å². The zero-order valence-corrected chi connectivity index (χ0v) is 11.5. The van der Waals surface area contributed by atoms with Crippen LogP contribution in [0.15, 0.2) is 22.7 Å². The van der Waals surface area contributed by atoms with E-state index in [2.05, 4.69) is 22.4 Å². The number of rotatable bonds is 5. The minimum absolute atomic E-state index is 0.0166. The Hall–Kier alpha value is -1.46. The molecule has 4 nitrogen and oxygen atoms in total. The van der Waals surface area contributed by atoms with Crippen molar-refractivity contribution in [3.8, 4) is 11.4 Å². The fourth-order valence-corrected chi connectivity index (χ4v) is 1.79. The summed E-state index contributed by atoms with van der Waals surface area (Å²) in [7, 11) is 0. The highest BCUT2D eigenvalue weighted by molar-refractivity contribution is 6.31. The second kappa shape index (κ2) is 6.12. The first-order valence-corrected chi connectivity index (χ1v) is 6.52. The molecule has 2 rings (SSSR count). The van der Waals surface area contributed by atoms with Crippen molar-refractivity contribution >= 4 is 11.6 Å². The molecule has 6 heteroatoms. The van der Waals surface area contributed by atoms with E-state index in [4.69, 9.17) is 16.1 Å². The maximum absolute atomic E-state index is 13.1. The number of hydrogen-bond donors (Lipinski definition) is 1. The van der Waals surface area contributed by atoms with Gasteiger partial charge in [-0.2, -0.15) is 4.98 Å². The minimum Gasteiger partial charge on any atom is -0.337 e. The molecule has 0 radical (unpaired) electrons. The van der Waals surface area contributed by atoms with Crippen molar-refractivity contribution in [2.75, 3.05) is 6.54 Å². The lowest BCUT2D eigenvalue weighted by atomic mass is 10.2. The molecule has 1 aromatic carbocycles. The Labute approximate surface area is 116 Å². The van der Waals surface area contributed by atoms with Crippen LogP contribution in [0.25, 0.3) is 11.4 Å². The molecule has 1 aromatic heterocycles. The molecule has 0 aliphatic rings. The molecule has 1 N–H and O–H groups in total. The van der Waals surface area contributed by atoms with Crippen LogP contribution in [0.1, 0.15) is 32.2 Å². The van der Waals surface area contributed by atoms with Crippen LogP contribution in [0.3, 0.4) is 0 Å². The first-order chi connectivity index (χ1) is 9.11. The first-order valence-electron chi connectivity index (χ1n) is 6.14. The third kappa shape index (κ3) is 3.30. The quantitative estimate of drug-likeness (QED) is 0.911. The van der Waals surface area contributed by atoms with Gasteiger partial charge in [0, 0.05) is 5.56 Å². The summed E-state index contributed by atoms with van der Waals surface area (Å²) in [4.78, 5) is 4.28. The SMILES string of the molecule is CCCNC(C)c1nc(-c2ccc(F)c(Cl)c2)no1. The van der Waals surface area contributed by atoms with Gasteiger partial charge in [-0.1, -0.05) is 23.7 Å². The lowest BCUT2D eigenvalue weighted by molar-refractivity contribution is 0.340. The van der Waals surface area contributed by atoms with Gasteiger partial charge < -0.3 is 9.84 Å². The van der Waals surface area contributed by atoms with Gasteiger partial charge in [0.25, 0.3) is 0 Å². The number of aromatic nitrogens is 2. The molecule has 102 valence electrons. The van der Waals surface area contributed by atoms with Gasteiger partial charge in [0.05, 0.1) is 11.1 Å². The summed E-state index contributed by atoms with van der Waals surface area (Å²) in [6.45, 7) is 4.91. The van der Waals surface area contributed by atoms with Crippen LogP contribution in [-0.4, -0.2) is 16.7 Å². The third-order valence-electron chi connectivity index (χ3n) is 2.69. The highest BCUT2D eigenvalue weighted by atomic mass is 35.5. The number of halogens is 2. The minimum atomic E-state index is -0.466. The zero-order chi connectivity index (χ0) is 13.8. The average Bonchev–Trinajstić information content (AvgIpc) is 2.89. The molecule has 1 heterocycles. The van der Waals surface area contributed by atoms with Crippen LogP contribution in [0, 0.1) is 5.82 Å². The molecule has 19 heavy (non-hydrogen) atoms. The third-order valence-corrected chi connectivity index (χ3v) is 2.98. The Morgan fingerprint density at radius 3 is 2.95 bits per heavy atom. The van der Waals surface area contributed by atoms with Crippen molar-refractivity contribution in [1.82, 2.24) is 15.5 Å². The van der Waals surface area contributed by atoms with E-state index in [1.165, 1.54) is 12.1 Å². The summed E-state index contributed by atoms with van der Waals surface area (Å²) >= 11 is 5.73. The number of nitrogens with zero attached hydrogens (tertiary/aromatic N) is 2. The normalized spacial score (nSPS) is 12.6. The van der Waals surface area contributed by atoms with Crippen LogP contribution in [0.5, 0.6) is 0 Å². The molecule has 1 unspecified atom stereocenters. The Kier molecular flexibility index (Phi) is 4.50. The molecule has 0 amide bonds. The molecule has 0 spiro atoms. The van der Waals surface area contributed by atoms with Gasteiger partial charge in [-0.25, -0.2) is 4.39 Å². The van der Waals surface area contributed by atoms with E-state index in [1.807, 2.05) is 6.92 Å². The van der Waals surface area contributed by atoms with Crippen molar-refractivity contribution < 1.29 is 8.91 Å². The smallest absolute Gasteiger partial charge is 0.243 e. The highest BCUT2D eigenvalue weighted by Gasteiger charge is 2.15. The maximum atomic E-state index is 13.1. The van der Waals surface area contributed by atoms with E-state index in [1.54, 1.807) is 6.07 Å². The average molecular weight is 284 g/mol. The Morgan fingerprint density at radius 2 is 2.26 bits per heavy atom. The van der Waals surface area contributed by atoms with E-state index >= 15 is 0 Å². The number of nitrogens with one attached hydrogen (secondary N) is 1. The van der Waals surface area contributed by atoms with E-state index in [0.29, 0.717) is 17.3 Å². The molecular weight excluding hydrogens is 269 g/mol. The predicted octanol–water partition coefficient (Wildman–Crippen LogP) is 3.59. The molecule has 2 aromatic rings. The molecule has 0 saturated heterocycles. The lowest BCUT2D eigenvalue weighted by Gasteiger charge is -2.06. The fourth-order valence-electron chi connectivity index (χ4n) is 1.61. The molecular formula is C13H15ClFN3O. The predicted molar refractivity (Wildman–Crippen MR) is 71.4 cm³/mol. The van der Waals surface area contributed by atoms with Gasteiger partial charge in [-0.15, -0.1) is 0 Å². The summed E-state index contributed by atoms with van der Waals surface area (Å²) in [5.41, 5.74) is 0.629. The van der Waals surface area contributed by atoms with Gasteiger partial charge >= 0.3 is 0 Å². The Bertz CT molecular complexity index is 559. The Morgan fingerprint density at radius 1 is 1.47 bits per heavy atom. The van der Waals surface area contributed by atoms with E-state index in [-0.39, 0.29) is 11.1 Å². The summed E-state index contributed by atoms with van der Waals surface area (Å²) in [6.07, 6.45) is 1.03. The Balaban J connectivity index is 2.18. The van der Waals surface area contributed by atoms with Gasteiger partial charge in [-0.05, 0) is 38.1 Å². The molecule has 0 fully saturated rings. The van der Waals surface area contributed by atoms with Gasteiger partial charge in [0.1, 0.15) is 5.82 Å². The van der Waals surface area contributed by atoms with Crippen molar-refractivity contribution in [2.45, 2.75) is 26.3 Å². The highest BCUT2D eigenvalue weighted by Crippen LogP contribution is 2.23. The second-order valence-electron chi connectivity index (χ2n) is 4.26. The van der Waals surface area contributed by atoms with Gasteiger partial charge in [0.15, 0.2) is 0 Å². The van der Waals surface area contributed by atoms with E-state index in [9.17, 15) is 4.39 Å². The molecule has 0 saturated carbocycles. The van der Waals surface area contributed by atoms with E-state index in [0.717, 1.165) is 13.0 Å². The molecule has 0 bridgehead atoms. The van der Waals surface area contributed by atoms with E-state index < -0.39 is 5.82 Å². The van der Waals surface area contributed by atoms with Crippen LogP contribution in [-0.2, 0) is 0 Å². The van der Waals surface area contributed by atoms with Crippen LogP contribution < -0.4 is 5.32 Å². The largest absolute Gasteiger partial charge is 0.337 e. The fraction of sp³-hybridized carbons (Fsp3) is 0.385. The molecule has 0 aliphatic carbocycles. The summed E-state index contributed by atoms with van der Waals surface area (Å²) in [5.74, 6) is 0.443. The maximum Gasteiger partial charge on any atom is 0.243 e. The summed E-state index contributed by atoms with van der Waals surface area (Å²) < 4.78 is 18.3. The van der Waals surface area contributed by atoms with Gasteiger partial charge in [0.2, 0.25) is 11.7 Å². The summed E-state index contributed by atoms with van der Waals surface area (Å²) in [5, 5.41) is 7.17.